The van der Waals surface area contributed by atoms with Gasteiger partial charge in [-0.2, -0.15) is 0 Å². The summed E-state index contributed by atoms with van der Waals surface area (Å²) in [6.45, 7) is 2.46. The Hall–Kier alpha value is -0.940. The SMILES string of the molecule is CCCCCCCCCCCCCC[C@@H](O)[C@H]1O[C@@H](c2ccccc2)OC[C@H]1O. The predicted molar refractivity (Wildman–Crippen MR) is 118 cm³/mol. The molecule has 0 saturated carbocycles. The third kappa shape index (κ3) is 9.61. The number of unbranched alkanes of at least 4 members (excludes halogenated alkanes) is 11. The number of aliphatic hydroxyl groups is 2. The summed E-state index contributed by atoms with van der Waals surface area (Å²) in [6, 6.07) is 9.70. The van der Waals surface area contributed by atoms with Crippen molar-refractivity contribution in [2.75, 3.05) is 6.61 Å². The lowest BCUT2D eigenvalue weighted by atomic mass is 9.99. The second kappa shape index (κ2) is 15.0. The molecular weight excluding hydrogens is 364 g/mol. The van der Waals surface area contributed by atoms with Crippen LogP contribution in [0.15, 0.2) is 30.3 Å². The molecule has 0 aliphatic carbocycles. The van der Waals surface area contributed by atoms with Gasteiger partial charge in [-0.1, -0.05) is 114 Å². The zero-order valence-electron chi connectivity index (χ0n) is 18.3. The first-order valence-corrected chi connectivity index (χ1v) is 11.9. The number of ether oxygens (including phenoxy) is 2. The largest absolute Gasteiger partial charge is 0.390 e. The van der Waals surface area contributed by atoms with E-state index in [0.717, 1.165) is 18.4 Å². The molecule has 0 bridgehead atoms. The highest BCUT2D eigenvalue weighted by atomic mass is 16.7. The Labute approximate surface area is 177 Å². The first-order valence-electron chi connectivity index (χ1n) is 11.9. The van der Waals surface area contributed by atoms with Crippen LogP contribution in [0.25, 0.3) is 0 Å². The molecule has 4 nitrogen and oxygen atoms in total. The topological polar surface area (TPSA) is 58.9 Å². The standard InChI is InChI=1S/C25H42O4/c1-2-3-4-5-6-7-8-9-10-11-12-16-19-22(26)24-23(27)20-28-25(29-24)21-17-14-13-15-18-21/h13-15,17-18,22-27H,2-12,16,19-20H2,1H3/t22-,23-,24-,25+/m1/s1. The number of rotatable bonds is 15. The highest BCUT2D eigenvalue weighted by Crippen LogP contribution is 2.29. The van der Waals surface area contributed by atoms with Crippen LogP contribution in [0.1, 0.15) is 102 Å². The summed E-state index contributed by atoms with van der Waals surface area (Å²) in [6.07, 6.45) is 13.7. The van der Waals surface area contributed by atoms with E-state index in [1.54, 1.807) is 0 Å². The van der Waals surface area contributed by atoms with Gasteiger partial charge in [0.15, 0.2) is 6.29 Å². The van der Waals surface area contributed by atoms with Crippen LogP contribution in [0.4, 0.5) is 0 Å². The van der Waals surface area contributed by atoms with Gasteiger partial charge in [0.25, 0.3) is 0 Å². The van der Waals surface area contributed by atoms with Crippen LogP contribution in [0.3, 0.4) is 0 Å². The van der Waals surface area contributed by atoms with Gasteiger partial charge >= 0.3 is 0 Å². The summed E-state index contributed by atoms with van der Waals surface area (Å²) >= 11 is 0. The van der Waals surface area contributed by atoms with Crippen molar-refractivity contribution in [2.45, 2.75) is 115 Å². The Morgan fingerprint density at radius 1 is 0.862 bits per heavy atom. The van der Waals surface area contributed by atoms with Gasteiger partial charge < -0.3 is 19.7 Å². The van der Waals surface area contributed by atoms with Crippen LogP contribution < -0.4 is 0 Å². The van der Waals surface area contributed by atoms with Gasteiger partial charge in [-0.3, -0.25) is 0 Å². The van der Waals surface area contributed by atoms with Gasteiger partial charge in [-0.05, 0) is 6.42 Å². The maximum absolute atomic E-state index is 10.5. The van der Waals surface area contributed by atoms with E-state index in [1.165, 1.54) is 64.2 Å². The van der Waals surface area contributed by atoms with Crippen LogP contribution in [-0.2, 0) is 9.47 Å². The molecule has 2 rings (SSSR count). The fourth-order valence-corrected chi connectivity index (χ4v) is 4.04. The maximum Gasteiger partial charge on any atom is 0.184 e. The molecule has 1 heterocycles. The van der Waals surface area contributed by atoms with E-state index >= 15 is 0 Å². The minimum atomic E-state index is -0.776. The molecule has 1 aliphatic rings. The molecule has 1 aromatic rings. The van der Waals surface area contributed by atoms with E-state index in [-0.39, 0.29) is 6.61 Å². The number of benzene rings is 1. The Morgan fingerprint density at radius 2 is 1.41 bits per heavy atom. The third-order valence-corrected chi connectivity index (χ3v) is 5.88. The molecule has 1 saturated heterocycles. The lowest BCUT2D eigenvalue weighted by molar-refractivity contribution is -0.276. The van der Waals surface area contributed by atoms with Gasteiger partial charge in [0, 0.05) is 5.56 Å². The zero-order chi connectivity index (χ0) is 20.7. The van der Waals surface area contributed by atoms with Crippen molar-refractivity contribution in [1.29, 1.82) is 0 Å². The van der Waals surface area contributed by atoms with Crippen molar-refractivity contribution in [3.8, 4) is 0 Å². The van der Waals surface area contributed by atoms with Gasteiger partial charge in [0.2, 0.25) is 0 Å². The van der Waals surface area contributed by atoms with Crippen LogP contribution in [-0.4, -0.2) is 35.1 Å². The molecule has 0 radical (unpaired) electrons. The normalized spacial score (nSPS) is 23.2. The first-order chi connectivity index (χ1) is 14.2. The fraction of sp³-hybridized carbons (Fsp3) is 0.760. The lowest BCUT2D eigenvalue weighted by Gasteiger charge is -2.36. The molecule has 0 aromatic heterocycles. The molecule has 29 heavy (non-hydrogen) atoms. The summed E-state index contributed by atoms with van der Waals surface area (Å²) in [7, 11) is 0. The molecule has 4 atom stereocenters. The summed E-state index contributed by atoms with van der Waals surface area (Å²) in [5.41, 5.74) is 0.918. The quantitative estimate of drug-likeness (QED) is 0.355. The number of aliphatic hydroxyl groups excluding tert-OH is 2. The van der Waals surface area contributed by atoms with Crippen molar-refractivity contribution in [2.24, 2.45) is 0 Å². The minimum absolute atomic E-state index is 0.194. The summed E-state index contributed by atoms with van der Waals surface area (Å²) < 4.78 is 11.5. The molecular formula is C25H42O4. The van der Waals surface area contributed by atoms with E-state index in [9.17, 15) is 10.2 Å². The third-order valence-electron chi connectivity index (χ3n) is 5.88. The Bertz CT molecular complexity index is 507. The van der Waals surface area contributed by atoms with Gasteiger partial charge in [0.1, 0.15) is 12.2 Å². The molecule has 2 N–H and O–H groups in total. The minimum Gasteiger partial charge on any atom is -0.390 e. The summed E-state index contributed by atoms with van der Waals surface area (Å²) in [5.74, 6) is 0. The smallest absolute Gasteiger partial charge is 0.184 e. The fourth-order valence-electron chi connectivity index (χ4n) is 4.04. The van der Waals surface area contributed by atoms with Gasteiger partial charge in [0.05, 0.1) is 12.7 Å². The molecule has 1 aliphatic heterocycles. The average molecular weight is 407 g/mol. The Kier molecular flexibility index (Phi) is 12.5. The van der Waals surface area contributed by atoms with Crippen LogP contribution in [0.2, 0.25) is 0 Å². The number of hydrogen-bond donors (Lipinski definition) is 2. The van der Waals surface area contributed by atoms with Crippen molar-refractivity contribution < 1.29 is 19.7 Å². The van der Waals surface area contributed by atoms with Crippen molar-refractivity contribution in [3.05, 3.63) is 35.9 Å². The van der Waals surface area contributed by atoms with Crippen LogP contribution in [0.5, 0.6) is 0 Å². The molecule has 0 unspecified atom stereocenters. The predicted octanol–water partition coefficient (Wildman–Crippen LogP) is 5.91. The second-order valence-electron chi connectivity index (χ2n) is 8.49. The van der Waals surface area contributed by atoms with Crippen LogP contribution in [0, 0.1) is 0 Å². The summed E-state index contributed by atoms with van der Waals surface area (Å²) in [4.78, 5) is 0. The average Bonchev–Trinajstić information content (AvgIpc) is 2.75. The first kappa shape index (κ1) is 24.3. The zero-order valence-corrected chi connectivity index (χ0v) is 18.3. The molecule has 1 fully saturated rings. The number of hydrogen-bond acceptors (Lipinski definition) is 4. The van der Waals surface area contributed by atoms with Crippen LogP contribution >= 0.6 is 0 Å². The van der Waals surface area contributed by atoms with E-state index in [2.05, 4.69) is 6.92 Å². The Morgan fingerprint density at radius 3 is 2.00 bits per heavy atom. The van der Waals surface area contributed by atoms with Crippen molar-refractivity contribution in [3.63, 3.8) is 0 Å². The Balaban J connectivity index is 1.52. The second-order valence-corrected chi connectivity index (χ2v) is 8.49. The molecule has 166 valence electrons. The van der Waals surface area contributed by atoms with Crippen molar-refractivity contribution in [1.82, 2.24) is 0 Å². The maximum atomic E-state index is 10.5. The molecule has 0 amide bonds. The highest BCUT2D eigenvalue weighted by Gasteiger charge is 2.35. The lowest BCUT2D eigenvalue weighted by Crippen LogP contribution is -2.47. The highest BCUT2D eigenvalue weighted by molar-refractivity contribution is 5.16. The molecule has 0 spiro atoms. The van der Waals surface area contributed by atoms with E-state index < -0.39 is 24.6 Å². The molecule has 1 aromatic carbocycles. The van der Waals surface area contributed by atoms with Crippen molar-refractivity contribution >= 4 is 0 Å². The summed E-state index contributed by atoms with van der Waals surface area (Å²) in [5, 5.41) is 20.7. The van der Waals surface area contributed by atoms with E-state index in [0.29, 0.717) is 6.42 Å². The molecule has 4 heteroatoms. The monoisotopic (exact) mass is 406 g/mol. The van der Waals surface area contributed by atoms with E-state index in [4.69, 9.17) is 9.47 Å². The van der Waals surface area contributed by atoms with Gasteiger partial charge in [-0.15, -0.1) is 0 Å². The van der Waals surface area contributed by atoms with E-state index in [1.807, 2.05) is 30.3 Å². The van der Waals surface area contributed by atoms with Gasteiger partial charge in [-0.25, -0.2) is 0 Å².